The van der Waals surface area contributed by atoms with E-state index in [0.29, 0.717) is 13.2 Å². The highest BCUT2D eigenvalue weighted by atomic mass is 16.6. The molecule has 0 aromatic heterocycles. The van der Waals surface area contributed by atoms with Crippen molar-refractivity contribution in [3.63, 3.8) is 0 Å². The van der Waals surface area contributed by atoms with Crippen molar-refractivity contribution in [1.29, 1.82) is 0 Å². The molecule has 0 bridgehead atoms. The van der Waals surface area contributed by atoms with Crippen LogP contribution in [0.1, 0.15) is 12.5 Å². The first kappa shape index (κ1) is 18.3. The fourth-order valence-electron chi connectivity index (χ4n) is 2.20. The zero-order chi connectivity index (χ0) is 18.2. The normalized spacial score (nSPS) is 10.2. The first-order chi connectivity index (χ1) is 12.0. The summed E-state index contributed by atoms with van der Waals surface area (Å²) in [6, 6.07) is 13.4. The third-order valence-corrected chi connectivity index (χ3v) is 3.49. The average molecular weight is 344 g/mol. The van der Waals surface area contributed by atoms with E-state index in [2.05, 4.69) is 0 Å². The predicted octanol–water partition coefficient (Wildman–Crippen LogP) is 3.03. The minimum absolute atomic E-state index is 0.0790. The maximum Gasteiger partial charge on any atom is 0.310 e. The quantitative estimate of drug-likeness (QED) is 0.543. The van der Waals surface area contributed by atoms with Crippen LogP contribution in [0.25, 0.3) is 0 Å². The Balaban J connectivity index is 1.91. The Labute approximate surface area is 145 Å². The summed E-state index contributed by atoms with van der Waals surface area (Å²) in [7, 11) is 1.65. The van der Waals surface area contributed by atoms with Crippen LogP contribution >= 0.6 is 0 Å². The van der Waals surface area contributed by atoms with E-state index in [1.165, 1.54) is 17.0 Å². The van der Waals surface area contributed by atoms with Gasteiger partial charge in [0.1, 0.15) is 5.75 Å². The number of likely N-dealkylation sites (N-methyl/N-ethyl adjacent to an activating group) is 1. The van der Waals surface area contributed by atoms with Crippen molar-refractivity contribution in [3.8, 4) is 11.5 Å². The van der Waals surface area contributed by atoms with E-state index in [0.717, 1.165) is 11.3 Å². The Bertz CT molecular complexity index is 731. The number of para-hydroxylation sites is 2. The van der Waals surface area contributed by atoms with E-state index in [-0.39, 0.29) is 24.0 Å². The van der Waals surface area contributed by atoms with E-state index >= 15 is 0 Å². The number of ether oxygens (including phenoxy) is 2. The van der Waals surface area contributed by atoms with Gasteiger partial charge < -0.3 is 14.4 Å². The van der Waals surface area contributed by atoms with Crippen molar-refractivity contribution >= 4 is 11.6 Å². The Kier molecular flexibility index (Phi) is 6.33. The molecular formula is C18H20N2O5. The molecule has 0 aliphatic rings. The number of rotatable bonds is 8. The van der Waals surface area contributed by atoms with Gasteiger partial charge in [-0.3, -0.25) is 14.9 Å². The van der Waals surface area contributed by atoms with Gasteiger partial charge in [-0.2, -0.15) is 0 Å². The Morgan fingerprint density at radius 1 is 1.12 bits per heavy atom. The molecule has 7 heteroatoms. The van der Waals surface area contributed by atoms with E-state index in [1.807, 2.05) is 31.2 Å². The molecule has 25 heavy (non-hydrogen) atoms. The standard InChI is InChI=1S/C18H20N2O5/c1-3-24-15-10-8-14(9-11-15)12-19(2)18(21)13-25-17-7-5-4-6-16(17)20(22)23/h4-11H,3,12-13H2,1-2H3. The molecule has 2 rings (SSSR count). The summed E-state index contributed by atoms with van der Waals surface area (Å²) < 4.78 is 10.7. The van der Waals surface area contributed by atoms with E-state index in [1.54, 1.807) is 19.2 Å². The number of nitrogens with zero attached hydrogens (tertiary/aromatic N) is 2. The van der Waals surface area contributed by atoms with Crippen molar-refractivity contribution < 1.29 is 19.2 Å². The van der Waals surface area contributed by atoms with Crippen LogP contribution in [0.2, 0.25) is 0 Å². The molecule has 0 aliphatic carbocycles. The van der Waals surface area contributed by atoms with Crippen LogP contribution in [-0.4, -0.2) is 36.0 Å². The number of hydrogen-bond acceptors (Lipinski definition) is 5. The van der Waals surface area contributed by atoms with Gasteiger partial charge in [0, 0.05) is 19.7 Å². The lowest BCUT2D eigenvalue weighted by molar-refractivity contribution is -0.385. The molecule has 132 valence electrons. The minimum atomic E-state index is -0.538. The second-order valence-corrected chi connectivity index (χ2v) is 5.34. The van der Waals surface area contributed by atoms with Gasteiger partial charge in [-0.1, -0.05) is 24.3 Å². The zero-order valence-corrected chi connectivity index (χ0v) is 14.2. The molecule has 0 heterocycles. The number of carbonyl (C=O) groups excluding carboxylic acids is 1. The van der Waals surface area contributed by atoms with Gasteiger partial charge in [-0.05, 0) is 30.7 Å². The summed E-state index contributed by atoms with van der Waals surface area (Å²) in [5, 5.41) is 10.9. The molecule has 0 saturated heterocycles. The third kappa shape index (κ3) is 5.20. The van der Waals surface area contributed by atoms with Crippen LogP contribution in [0.3, 0.4) is 0 Å². The van der Waals surface area contributed by atoms with Gasteiger partial charge >= 0.3 is 5.69 Å². The second kappa shape index (κ2) is 8.68. The van der Waals surface area contributed by atoms with Gasteiger partial charge in [-0.25, -0.2) is 0 Å². The van der Waals surface area contributed by atoms with Crippen LogP contribution in [0, 0.1) is 10.1 Å². The van der Waals surface area contributed by atoms with E-state index in [9.17, 15) is 14.9 Å². The number of benzene rings is 2. The lowest BCUT2D eigenvalue weighted by Crippen LogP contribution is -2.31. The summed E-state index contributed by atoms with van der Waals surface area (Å²) in [5.41, 5.74) is 0.787. The molecule has 0 atom stereocenters. The number of amides is 1. The maximum atomic E-state index is 12.2. The van der Waals surface area contributed by atoms with Crippen LogP contribution in [0.4, 0.5) is 5.69 Å². The molecular weight excluding hydrogens is 324 g/mol. The zero-order valence-electron chi connectivity index (χ0n) is 14.2. The van der Waals surface area contributed by atoms with Gasteiger partial charge in [-0.15, -0.1) is 0 Å². The molecule has 0 fully saturated rings. The summed E-state index contributed by atoms with van der Waals surface area (Å²) in [6.07, 6.45) is 0. The summed E-state index contributed by atoms with van der Waals surface area (Å²) in [6.45, 7) is 2.65. The molecule has 0 saturated carbocycles. The highest BCUT2D eigenvalue weighted by Gasteiger charge is 2.16. The third-order valence-electron chi connectivity index (χ3n) is 3.49. The van der Waals surface area contributed by atoms with Crippen LogP contribution < -0.4 is 9.47 Å². The molecule has 2 aromatic rings. The first-order valence-corrected chi connectivity index (χ1v) is 7.83. The van der Waals surface area contributed by atoms with Crippen molar-refractivity contribution in [1.82, 2.24) is 4.90 Å². The molecule has 0 radical (unpaired) electrons. The summed E-state index contributed by atoms with van der Waals surface area (Å²) in [5.74, 6) is 0.585. The fraction of sp³-hybridized carbons (Fsp3) is 0.278. The summed E-state index contributed by atoms with van der Waals surface area (Å²) >= 11 is 0. The molecule has 1 amide bonds. The number of nitro groups is 1. The molecule has 0 aliphatic heterocycles. The molecule has 7 nitrogen and oxygen atoms in total. The van der Waals surface area contributed by atoms with E-state index in [4.69, 9.17) is 9.47 Å². The first-order valence-electron chi connectivity index (χ1n) is 7.83. The number of hydrogen-bond donors (Lipinski definition) is 0. The van der Waals surface area contributed by atoms with Crippen molar-refractivity contribution in [2.75, 3.05) is 20.3 Å². The Morgan fingerprint density at radius 2 is 1.80 bits per heavy atom. The van der Waals surface area contributed by atoms with Crippen molar-refractivity contribution in [2.45, 2.75) is 13.5 Å². The second-order valence-electron chi connectivity index (χ2n) is 5.34. The summed E-state index contributed by atoms with van der Waals surface area (Å²) in [4.78, 5) is 24.1. The van der Waals surface area contributed by atoms with Crippen LogP contribution in [0.5, 0.6) is 11.5 Å². The van der Waals surface area contributed by atoms with Crippen molar-refractivity contribution in [3.05, 3.63) is 64.2 Å². The van der Waals surface area contributed by atoms with Crippen LogP contribution in [0.15, 0.2) is 48.5 Å². The number of nitro benzene ring substituents is 1. The van der Waals surface area contributed by atoms with Gasteiger partial charge in [0.15, 0.2) is 12.4 Å². The molecule has 0 unspecified atom stereocenters. The molecule has 2 aromatic carbocycles. The van der Waals surface area contributed by atoms with Crippen LogP contribution in [-0.2, 0) is 11.3 Å². The smallest absolute Gasteiger partial charge is 0.310 e. The highest BCUT2D eigenvalue weighted by molar-refractivity contribution is 5.77. The van der Waals surface area contributed by atoms with Gasteiger partial charge in [0.25, 0.3) is 5.91 Å². The maximum absolute atomic E-state index is 12.2. The fourth-order valence-corrected chi connectivity index (χ4v) is 2.20. The lowest BCUT2D eigenvalue weighted by atomic mass is 10.2. The molecule has 0 N–H and O–H groups in total. The Morgan fingerprint density at radius 3 is 2.44 bits per heavy atom. The SMILES string of the molecule is CCOc1ccc(CN(C)C(=O)COc2ccccc2[N+](=O)[O-])cc1. The predicted molar refractivity (Wildman–Crippen MR) is 92.7 cm³/mol. The van der Waals surface area contributed by atoms with Crippen molar-refractivity contribution in [2.24, 2.45) is 0 Å². The monoisotopic (exact) mass is 344 g/mol. The van der Waals surface area contributed by atoms with Gasteiger partial charge in [0.05, 0.1) is 11.5 Å². The minimum Gasteiger partial charge on any atom is -0.494 e. The number of carbonyl (C=O) groups is 1. The van der Waals surface area contributed by atoms with Gasteiger partial charge in [0.2, 0.25) is 0 Å². The molecule has 0 spiro atoms. The largest absolute Gasteiger partial charge is 0.494 e. The topological polar surface area (TPSA) is 81.9 Å². The average Bonchev–Trinajstić information content (AvgIpc) is 2.61. The van der Waals surface area contributed by atoms with E-state index < -0.39 is 4.92 Å². The Hall–Kier alpha value is -3.09. The highest BCUT2D eigenvalue weighted by Crippen LogP contribution is 2.25. The lowest BCUT2D eigenvalue weighted by Gasteiger charge is -2.17.